The lowest BCUT2D eigenvalue weighted by atomic mass is 9.95. The fourth-order valence-electron chi connectivity index (χ4n) is 4.11. The van der Waals surface area contributed by atoms with Crippen molar-refractivity contribution in [2.75, 3.05) is 25.1 Å². The van der Waals surface area contributed by atoms with Gasteiger partial charge < -0.3 is 16.1 Å². The molecule has 0 radical (unpaired) electrons. The number of hydrogen-bond donors (Lipinski definition) is 3. The van der Waals surface area contributed by atoms with E-state index in [4.69, 9.17) is 0 Å². The number of rotatable bonds is 6. The molecule has 10 nitrogen and oxygen atoms in total. The highest BCUT2D eigenvalue weighted by Crippen LogP contribution is 2.38. The summed E-state index contributed by atoms with van der Waals surface area (Å²) in [6.45, 7) is 3.81. The minimum atomic E-state index is -0.540. The van der Waals surface area contributed by atoms with Gasteiger partial charge in [0.25, 0.3) is 5.91 Å². The second-order valence-electron chi connectivity index (χ2n) is 7.57. The van der Waals surface area contributed by atoms with Crippen LogP contribution in [0.3, 0.4) is 0 Å². The van der Waals surface area contributed by atoms with Crippen molar-refractivity contribution in [3.63, 3.8) is 0 Å². The van der Waals surface area contributed by atoms with Gasteiger partial charge in [0.05, 0.1) is 23.1 Å². The minimum Gasteiger partial charge on any atom is -0.352 e. The molecule has 0 bridgehead atoms. The van der Waals surface area contributed by atoms with Gasteiger partial charge in [0.2, 0.25) is 5.91 Å². The maximum atomic E-state index is 12.8. The van der Waals surface area contributed by atoms with Gasteiger partial charge in [0.15, 0.2) is 0 Å². The fraction of sp³-hybridized carbons (Fsp3) is 0.286. The molecular weight excluding hydrogens is 396 g/mol. The number of nitrogens with one attached hydrogen (secondary N) is 3. The SMILES string of the molecule is Cc1c(C(=O)NCCCN2CN=CN2)cn2ncnc(C3C(=O)Nc4ccccc43)c12. The molecular formula is C21H22N8O2. The molecule has 158 valence electrons. The van der Waals surface area contributed by atoms with Crippen LogP contribution in [0.4, 0.5) is 5.69 Å². The smallest absolute Gasteiger partial charge is 0.253 e. The molecule has 4 heterocycles. The van der Waals surface area contributed by atoms with Crippen LogP contribution >= 0.6 is 0 Å². The highest BCUT2D eigenvalue weighted by atomic mass is 16.2. The Hall–Kier alpha value is -3.79. The number of benzene rings is 1. The zero-order valence-corrected chi connectivity index (χ0v) is 17.0. The van der Waals surface area contributed by atoms with Gasteiger partial charge in [-0.25, -0.2) is 14.5 Å². The molecule has 10 heteroatoms. The third kappa shape index (κ3) is 3.40. The summed E-state index contributed by atoms with van der Waals surface area (Å²) in [6.07, 6.45) is 5.57. The predicted molar refractivity (Wildman–Crippen MR) is 115 cm³/mol. The predicted octanol–water partition coefficient (Wildman–Crippen LogP) is 1.05. The quantitative estimate of drug-likeness (QED) is 0.516. The Kier molecular flexibility index (Phi) is 4.83. The lowest BCUT2D eigenvalue weighted by molar-refractivity contribution is -0.116. The molecule has 0 spiro atoms. The maximum absolute atomic E-state index is 12.8. The van der Waals surface area contributed by atoms with Crippen molar-refractivity contribution in [3.05, 3.63) is 59.2 Å². The summed E-state index contributed by atoms with van der Waals surface area (Å²) in [5.41, 5.74) is 7.23. The molecule has 3 N–H and O–H groups in total. The van der Waals surface area contributed by atoms with Crippen LogP contribution in [-0.2, 0) is 4.79 Å². The molecule has 0 fully saturated rings. The number of anilines is 1. The number of fused-ring (bicyclic) bond motifs is 2. The second kappa shape index (κ2) is 7.80. The van der Waals surface area contributed by atoms with Crippen molar-refractivity contribution in [2.24, 2.45) is 4.99 Å². The van der Waals surface area contributed by atoms with Crippen molar-refractivity contribution in [2.45, 2.75) is 19.3 Å². The van der Waals surface area contributed by atoms with Crippen molar-refractivity contribution >= 4 is 29.4 Å². The first kappa shape index (κ1) is 19.2. The standard InChI is InChI=1S/C21H22N8O2/c1-13-15(20(30)23-7-4-8-28-12-22-10-25-28)9-29-19(13)18(24-11-26-29)17-14-5-2-3-6-16(14)27-21(17)31/h2-3,5-6,9-11,17H,4,7-8,12H2,1H3,(H,22,25)(H,23,30)(H,27,31). The minimum absolute atomic E-state index is 0.132. The van der Waals surface area contributed by atoms with E-state index in [0.29, 0.717) is 30.0 Å². The number of aliphatic imine (C=N–C) groups is 1. The van der Waals surface area contributed by atoms with E-state index < -0.39 is 5.92 Å². The Morgan fingerprint density at radius 1 is 1.32 bits per heavy atom. The first-order chi connectivity index (χ1) is 15.1. The lowest BCUT2D eigenvalue weighted by Crippen LogP contribution is -2.35. The number of carbonyl (C=O) groups excluding carboxylic acids is 2. The van der Waals surface area contributed by atoms with Gasteiger partial charge in [0.1, 0.15) is 18.9 Å². The highest BCUT2D eigenvalue weighted by Gasteiger charge is 2.35. The van der Waals surface area contributed by atoms with E-state index in [9.17, 15) is 9.59 Å². The van der Waals surface area contributed by atoms with E-state index in [1.54, 1.807) is 17.1 Å². The van der Waals surface area contributed by atoms with Gasteiger partial charge >= 0.3 is 0 Å². The molecule has 1 unspecified atom stereocenters. The molecule has 2 aromatic heterocycles. The molecule has 1 atom stereocenters. The van der Waals surface area contributed by atoms with Crippen LogP contribution in [0.25, 0.3) is 5.52 Å². The molecule has 2 aliphatic rings. The Morgan fingerprint density at radius 3 is 3.03 bits per heavy atom. The Bertz CT molecular complexity index is 1190. The summed E-state index contributed by atoms with van der Waals surface area (Å²) in [4.78, 5) is 34.1. The maximum Gasteiger partial charge on any atom is 0.253 e. The van der Waals surface area contributed by atoms with Gasteiger partial charge in [-0.15, -0.1) is 0 Å². The average molecular weight is 418 g/mol. The van der Waals surface area contributed by atoms with Crippen LogP contribution < -0.4 is 16.1 Å². The number of carbonyl (C=O) groups is 2. The van der Waals surface area contributed by atoms with Gasteiger partial charge in [-0.2, -0.15) is 5.10 Å². The summed E-state index contributed by atoms with van der Waals surface area (Å²) in [5.74, 6) is -0.842. The van der Waals surface area contributed by atoms with E-state index >= 15 is 0 Å². The number of para-hydroxylation sites is 1. The van der Waals surface area contributed by atoms with E-state index in [0.717, 1.165) is 29.8 Å². The molecule has 31 heavy (non-hydrogen) atoms. The van der Waals surface area contributed by atoms with Crippen molar-refractivity contribution in [3.8, 4) is 0 Å². The van der Waals surface area contributed by atoms with Gasteiger partial charge in [-0.05, 0) is 30.5 Å². The lowest BCUT2D eigenvalue weighted by Gasteiger charge is -2.14. The monoisotopic (exact) mass is 418 g/mol. The van der Waals surface area contributed by atoms with Crippen LogP contribution in [-0.4, -0.2) is 57.5 Å². The molecule has 0 aliphatic carbocycles. The van der Waals surface area contributed by atoms with Crippen LogP contribution in [0.5, 0.6) is 0 Å². The number of aryl methyl sites for hydroxylation is 1. The molecule has 0 saturated heterocycles. The topological polar surface area (TPSA) is 116 Å². The number of hydrogen-bond acceptors (Lipinski definition) is 7. The molecule has 1 aromatic carbocycles. The van der Waals surface area contributed by atoms with Crippen LogP contribution in [0.15, 0.2) is 41.8 Å². The van der Waals surface area contributed by atoms with Crippen LogP contribution in [0.2, 0.25) is 0 Å². The molecule has 3 aromatic rings. The zero-order chi connectivity index (χ0) is 21.4. The van der Waals surface area contributed by atoms with E-state index in [-0.39, 0.29) is 11.8 Å². The first-order valence-corrected chi connectivity index (χ1v) is 10.1. The Balaban J connectivity index is 1.39. The molecule has 2 aliphatic heterocycles. The summed E-state index contributed by atoms with van der Waals surface area (Å²) >= 11 is 0. The molecule has 2 amide bonds. The summed E-state index contributed by atoms with van der Waals surface area (Å²) in [5, 5.41) is 12.1. The van der Waals surface area contributed by atoms with E-state index in [1.807, 2.05) is 36.2 Å². The fourth-order valence-corrected chi connectivity index (χ4v) is 4.11. The normalized spacial score (nSPS) is 17.6. The van der Waals surface area contributed by atoms with Crippen LogP contribution in [0, 0.1) is 6.92 Å². The number of aromatic nitrogens is 3. The van der Waals surface area contributed by atoms with Crippen LogP contribution in [0.1, 0.15) is 39.5 Å². The zero-order valence-electron chi connectivity index (χ0n) is 17.0. The van der Waals surface area contributed by atoms with E-state index in [1.165, 1.54) is 6.33 Å². The second-order valence-corrected chi connectivity index (χ2v) is 7.57. The van der Waals surface area contributed by atoms with E-state index in [2.05, 4.69) is 31.1 Å². The largest absolute Gasteiger partial charge is 0.352 e. The average Bonchev–Trinajstić information content (AvgIpc) is 3.48. The van der Waals surface area contributed by atoms with Crippen molar-refractivity contribution < 1.29 is 9.59 Å². The third-order valence-corrected chi connectivity index (χ3v) is 5.64. The Labute approximate surface area is 178 Å². The van der Waals surface area contributed by atoms with Gasteiger partial charge in [0, 0.05) is 25.0 Å². The Morgan fingerprint density at radius 2 is 2.19 bits per heavy atom. The highest BCUT2D eigenvalue weighted by molar-refractivity contribution is 6.06. The number of hydrazine groups is 1. The third-order valence-electron chi connectivity index (χ3n) is 5.64. The summed E-state index contributed by atoms with van der Waals surface area (Å²) in [6, 6.07) is 7.58. The van der Waals surface area contributed by atoms with Gasteiger partial charge in [-0.3, -0.25) is 14.6 Å². The van der Waals surface area contributed by atoms with Crippen molar-refractivity contribution in [1.29, 1.82) is 0 Å². The van der Waals surface area contributed by atoms with Gasteiger partial charge in [-0.1, -0.05) is 18.2 Å². The van der Waals surface area contributed by atoms with Crippen molar-refractivity contribution in [1.82, 2.24) is 30.3 Å². The summed E-state index contributed by atoms with van der Waals surface area (Å²) in [7, 11) is 0. The molecule has 0 saturated carbocycles. The summed E-state index contributed by atoms with van der Waals surface area (Å²) < 4.78 is 1.63. The molecule has 5 rings (SSSR count). The first-order valence-electron chi connectivity index (χ1n) is 10.1. The number of amides is 2. The number of nitrogens with zero attached hydrogens (tertiary/aromatic N) is 5.